The Bertz CT molecular complexity index is 594. The Morgan fingerprint density at radius 2 is 2.32 bits per heavy atom. The van der Waals surface area contributed by atoms with Gasteiger partial charge in [0, 0.05) is 31.1 Å². The van der Waals surface area contributed by atoms with Crippen molar-refractivity contribution in [3.63, 3.8) is 0 Å². The zero-order valence-electron chi connectivity index (χ0n) is 13.0. The first-order valence-corrected chi connectivity index (χ1v) is 10.7. The molecule has 2 atom stereocenters. The summed E-state index contributed by atoms with van der Waals surface area (Å²) < 4.78 is 29.4. The van der Waals surface area contributed by atoms with Gasteiger partial charge in [0.05, 0.1) is 28.3 Å². The summed E-state index contributed by atoms with van der Waals surface area (Å²) in [4.78, 5) is 6.92. The van der Waals surface area contributed by atoms with E-state index >= 15 is 0 Å². The summed E-state index contributed by atoms with van der Waals surface area (Å²) in [6, 6.07) is 0.112. The van der Waals surface area contributed by atoms with Crippen LogP contribution in [0.3, 0.4) is 0 Å². The van der Waals surface area contributed by atoms with Gasteiger partial charge < -0.3 is 4.74 Å². The fourth-order valence-corrected chi connectivity index (χ4v) is 5.75. The second kappa shape index (κ2) is 6.95. The van der Waals surface area contributed by atoms with Crippen LogP contribution >= 0.6 is 11.3 Å². The molecule has 0 saturated carbocycles. The molecular formula is C15H24N2O3S2. The van der Waals surface area contributed by atoms with Gasteiger partial charge in [-0.1, -0.05) is 6.92 Å². The third kappa shape index (κ3) is 4.07. The molecule has 2 aliphatic rings. The first-order valence-electron chi connectivity index (χ1n) is 8.05. The number of sulfone groups is 1. The molecule has 5 nitrogen and oxygen atoms in total. The van der Waals surface area contributed by atoms with E-state index in [9.17, 15) is 8.42 Å². The van der Waals surface area contributed by atoms with Crippen molar-refractivity contribution in [3.8, 4) is 0 Å². The third-order valence-corrected chi connectivity index (χ3v) is 7.25. The van der Waals surface area contributed by atoms with Gasteiger partial charge in [-0.25, -0.2) is 13.4 Å². The standard InChI is InChI=1S/C15H24N2O3S2/c1-2-15-16-12(10-21-15)8-17(9-14-4-3-6-20-14)13-5-7-22(18,19)11-13/h10,13-14H,2-9,11H2,1H3/t13-,14-/m0/s1. The minimum Gasteiger partial charge on any atom is -0.377 e. The summed E-state index contributed by atoms with van der Waals surface area (Å²) in [6.07, 6.45) is 4.12. The smallest absolute Gasteiger partial charge is 0.151 e. The van der Waals surface area contributed by atoms with Crippen molar-refractivity contribution < 1.29 is 13.2 Å². The molecular weight excluding hydrogens is 320 g/mol. The average molecular weight is 345 g/mol. The maximum atomic E-state index is 11.8. The molecule has 0 aromatic carbocycles. The molecule has 7 heteroatoms. The number of rotatable bonds is 6. The molecule has 0 spiro atoms. The molecule has 22 heavy (non-hydrogen) atoms. The van der Waals surface area contributed by atoms with Crippen LogP contribution in [0, 0.1) is 0 Å². The Kier molecular flexibility index (Phi) is 5.17. The van der Waals surface area contributed by atoms with E-state index in [4.69, 9.17) is 4.74 Å². The van der Waals surface area contributed by atoms with Gasteiger partial charge in [0.25, 0.3) is 0 Å². The van der Waals surface area contributed by atoms with Crippen molar-refractivity contribution in [1.82, 2.24) is 9.88 Å². The number of aromatic nitrogens is 1. The Morgan fingerprint density at radius 3 is 2.91 bits per heavy atom. The van der Waals surface area contributed by atoms with Gasteiger partial charge in [-0.05, 0) is 25.7 Å². The average Bonchev–Trinajstić information content (AvgIpc) is 3.19. The number of nitrogens with zero attached hydrogens (tertiary/aromatic N) is 2. The van der Waals surface area contributed by atoms with Crippen LogP contribution in [0.5, 0.6) is 0 Å². The Hall–Kier alpha value is -0.500. The van der Waals surface area contributed by atoms with E-state index in [1.165, 1.54) is 0 Å². The lowest BCUT2D eigenvalue weighted by Crippen LogP contribution is -2.40. The van der Waals surface area contributed by atoms with E-state index < -0.39 is 9.84 Å². The highest BCUT2D eigenvalue weighted by Gasteiger charge is 2.34. The molecule has 0 unspecified atom stereocenters. The van der Waals surface area contributed by atoms with Crippen LogP contribution in [-0.2, 0) is 27.5 Å². The zero-order chi connectivity index (χ0) is 15.6. The fraction of sp³-hybridized carbons (Fsp3) is 0.800. The molecule has 0 N–H and O–H groups in total. The van der Waals surface area contributed by atoms with Crippen LogP contribution in [0.15, 0.2) is 5.38 Å². The lowest BCUT2D eigenvalue weighted by Gasteiger charge is -2.29. The predicted molar refractivity (Wildman–Crippen MR) is 87.9 cm³/mol. The zero-order valence-corrected chi connectivity index (χ0v) is 14.7. The highest BCUT2D eigenvalue weighted by Crippen LogP contribution is 2.23. The summed E-state index contributed by atoms with van der Waals surface area (Å²) in [7, 11) is -2.87. The molecule has 3 rings (SSSR count). The second-order valence-electron chi connectivity index (χ2n) is 6.21. The van der Waals surface area contributed by atoms with E-state index in [1.54, 1.807) is 11.3 Å². The molecule has 0 bridgehead atoms. The first kappa shape index (κ1) is 16.4. The molecule has 0 aliphatic carbocycles. The van der Waals surface area contributed by atoms with E-state index in [0.717, 1.165) is 56.1 Å². The van der Waals surface area contributed by atoms with Crippen LogP contribution in [0.4, 0.5) is 0 Å². The SMILES string of the molecule is CCc1nc(CN(C[C@@H]2CCCO2)[C@H]2CCS(=O)(=O)C2)cs1. The predicted octanol–water partition coefficient (Wildman–Crippen LogP) is 1.87. The topological polar surface area (TPSA) is 59.5 Å². The van der Waals surface area contributed by atoms with Crippen LogP contribution in [0.2, 0.25) is 0 Å². The first-order chi connectivity index (χ1) is 10.6. The number of ether oxygens (including phenoxy) is 1. The minimum absolute atomic E-state index is 0.112. The number of aryl methyl sites for hydroxylation is 1. The van der Waals surface area contributed by atoms with Crippen molar-refractivity contribution in [2.24, 2.45) is 0 Å². The van der Waals surface area contributed by atoms with Gasteiger partial charge in [0.1, 0.15) is 0 Å². The lowest BCUT2D eigenvalue weighted by atomic mass is 10.1. The van der Waals surface area contributed by atoms with Gasteiger partial charge in [-0.15, -0.1) is 11.3 Å². The fourth-order valence-electron chi connectivity index (χ4n) is 3.25. The molecule has 2 fully saturated rings. The molecule has 1 aromatic rings. The number of thiazole rings is 1. The van der Waals surface area contributed by atoms with Crippen molar-refractivity contribution in [3.05, 3.63) is 16.1 Å². The summed E-state index contributed by atoms with van der Waals surface area (Å²) >= 11 is 1.69. The summed E-state index contributed by atoms with van der Waals surface area (Å²) in [5.74, 6) is 0.599. The number of hydrogen-bond acceptors (Lipinski definition) is 6. The molecule has 2 saturated heterocycles. The summed E-state index contributed by atoms with van der Waals surface area (Å²) in [5.41, 5.74) is 1.06. The molecule has 3 heterocycles. The normalized spacial score (nSPS) is 27.7. The highest BCUT2D eigenvalue weighted by atomic mass is 32.2. The monoisotopic (exact) mass is 344 g/mol. The third-order valence-electron chi connectivity index (χ3n) is 4.45. The molecule has 124 valence electrons. The van der Waals surface area contributed by atoms with Gasteiger partial charge in [-0.3, -0.25) is 4.90 Å². The van der Waals surface area contributed by atoms with E-state index in [1.807, 2.05) is 0 Å². The van der Waals surface area contributed by atoms with E-state index in [-0.39, 0.29) is 17.9 Å². The van der Waals surface area contributed by atoms with Crippen LogP contribution < -0.4 is 0 Å². The molecule has 0 radical (unpaired) electrons. The van der Waals surface area contributed by atoms with Crippen molar-refractivity contribution in [2.75, 3.05) is 24.7 Å². The summed E-state index contributed by atoms with van der Waals surface area (Å²) in [5, 5.41) is 3.25. The van der Waals surface area contributed by atoms with Crippen LogP contribution in [0.25, 0.3) is 0 Å². The number of hydrogen-bond donors (Lipinski definition) is 0. The molecule has 1 aromatic heterocycles. The Labute approximate surface area is 136 Å². The second-order valence-corrected chi connectivity index (χ2v) is 9.38. The van der Waals surface area contributed by atoms with Crippen LogP contribution in [-0.4, -0.2) is 55.1 Å². The van der Waals surface area contributed by atoms with Crippen molar-refractivity contribution in [2.45, 2.75) is 51.3 Å². The van der Waals surface area contributed by atoms with Crippen molar-refractivity contribution in [1.29, 1.82) is 0 Å². The molecule has 2 aliphatic heterocycles. The Morgan fingerprint density at radius 1 is 1.45 bits per heavy atom. The van der Waals surface area contributed by atoms with Gasteiger partial charge in [0.2, 0.25) is 0 Å². The van der Waals surface area contributed by atoms with Crippen LogP contribution in [0.1, 0.15) is 36.9 Å². The Balaban J connectivity index is 1.70. The molecule has 0 amide bonds. The van der Waals surface area contributed by atoms with Gasteiger partial charge >= 0.3 is 0 Å². The maximum absolute atomic E-state index is 11.8. The van der Waals surface area contributed by atoms with E-state index in [2.05, 4.69) is 22.2 Å². The largest absolute Gasteiger partial charge is 0.377 e. The highest BCUT2D eigenvalue weighted by molar-refractivity contribution is 7.91. The quantitative estimate of drug-likeness (QED) is 0.788. The van der Waals surface area contributed by atoms with Crippen molar-refractivity contribution >= 4 is 21.2 Å². The van der Waals surface area contributed by atoms with Gasteiger partial charge in [0.15, 0.2) is 9.84 Å². The summed E-state index contributed by atoms with van der Waals surface area (Å²) in [6.45, 7) is 4.49. The minimum atomic E-state index is -2.87. The van der Waals surface area contributed by atoms with E-state index in [0.29, 0.717) is 5.75 Å². The van der Waals surface area contributed by atoms with Gasteiger partial charge in [-0.2, -0.15) is 0 Å². The maximum Gasteiger partial charge on any atom is 0.151 e. The lowest BCUT2D eigenvalue weighted by molar-refractivity contribution is 0.0570.